The monoisotopic (exact) mass is 366 g/mol. The molecule has 0 aromatic heterocycles. The average Bonchev–Trinajstić information content (AvgIpc) is 2.48. The van der Waals surface area contributed by atoms with Crippen LogP contribution in [0.5, 0.6) is 0 Å². The number of allylic oxidation sites excluding steroid dienone is 1. The van der Waals surface area contributed by atoms with E-state index in [9.17, 15) is 22.4 Å². The van der Waals surface area contributed by atoms with E-state index >= 15 is 0 Å². The van der Waals surface area contributed by atoms with Gasteiger partial charge in [-0.15, -0.1) is 0 Å². The van der Waals surface area contributed by atoms with Crippen LogP contribution >= 0.6 is 0 Å². The van der Waals surface area contributed by atoms with E-state index in [0.717, 1.165) is 0 Å². The zero-order valence-electron chi connectivity index (χ0n) is 13.2. The molecule has 0 saturated carbocycles. The molecule has 1 aromatic carbocycles. The van der Waals surface area contributed by atoms with E-state index in [1.807, 2.05) is 7.05 Å². The van der Waals surface area contributed by atoms with Crippen molar-refractivity contribution >= 4 is 5.78 Å². The Morgan fingerprint density at radius 2 is 1.83 bits per heavy atom. The fraction of sp³-hybridized carbons (Fsp3) is 0.438. The Bertz CT molecular complexity index is 596. The van der Waals surface area contributed by atoms with Crippen LogP contribution in [0.15, 0.2) is 36.5 Å². The molecule has 1 heterocycles. The number of piperazine rings is 1. The minimum Gasteiger partial charge on any atom is -1.00 e. The molecule has 8 heteroatoms. The van der Waals surface area contributed by atoms with E-state index in [0.29, 0.717) is 48.8 Å². The Morgan fingerprint density at radius 1 is 1.25 bits per heavy atom. The van der Waals surface area contributed by atoms with Crippen molar-refractivity contribution in [2.24, 2.45) is 0 Å². The molecule has 1 aliphatic rings. The lowest BCUT2D eigenvalue weighted by Gasteiger charge is -2.41. The topological polar surface area (TPSA) is 20.3 Å². The van der Waals surface area contributed by atoms with Gasteiger partial charge in [-0.2, -0.15) is 13.2 Å². The molecule has 0 N–H and O–H groups in total. The molecule has 0 radical (unpaired) electrons. The molecule has 1 saturated heterocycles. The van der Waals surface area contributed by atoms with Gasteiger partial charge in [-0.1, -0.05) is 18.2 Å². The molecule has 134 valence electrons. The van der Waals surface area contributed by atoms with Crippen LogP contribution in [0.25, 0.3) is 0 Å². The molecule has 0 aliphatic carbocycles. The second-order valence-electron chi connectivity index (χ2n) is 6.03. The number of carbonyl (C=O) groups is 1. The quantitative estimate of drug-likeness (QED) is 0.416. The first-order valence-electron chi connectivity index (χ1n) is 7.30. The smallest absolute Gasteiger partial charge is 0.454 e. The third kappa shape index (κ3) is 5.49. The molecule has 0 bridgehead atoms. The van der Waals surface area contributed by atoms with Gasteiger partial charge >= 0.3 is 6.18 Å². The third-order valence-corrected chi connectivity index (χ3v) is 4.08. The summed E-state index contributed by atoms with van der Waals surface area (Å²) in [5.41, 5.74) is 0.631. The number of rotatable bonds is 4. The van der Waals surface area contributed by atoms with Gasteiger partial charge in [0.1, 0.15) is 12.4 Å². The Hall–Kier alpha value is -1.60. The highest BCUT2D eigenvalue weighted by atomic mass is 35.5. The van der Waals surface area contributed by atoms with Crippen molar-refractivity contribution in [3.05, 3.63) is 47.9 Å². The molecule has 2 rings (SSSR count). The highest BCUT2D eigenvalue weighted by Crippen LogP contribution is 2.19. The van der Waals surface area contributed by atoms with Crippen LogP contribution in [0.2, 0.25) is 0 Å². The van der Waals surface area contributed by atoms with Gasteiger partial charge in [0.15, 0.2) is 0 Å². The summed E-state index contributed by atoms with van der Waals surface area (Å²) in [5, 5.41) is 0. The summed E-state index contributed by atoms with van der Waals surface area (Å²) < 4.78 is 50.8. The molecule has 24 heavy (non-hydrogen) atoms. The largest absolute Gasteiger partial charge is 1.00 e. The predicted molar refractivity (Wildman–Crippen MR) is 77.8 cm³/mol. The number of carbonyl (C=O) groups excluding carboxylic acids is 1. The number of ketones is 1. The van der Waals surface area contributed by atoms with Crippen molar-refractivity contribution in [2.45, 2.75) is 12.7 Å². The average molecular weight is 367 g/mol. The molecule has 3 nitrogen and oxygen atoms in total. The Morgan fingerprint density at radius 3 is 2.38 bits per heavy atom. The highest BCUT2D eigenvalue weighted by molar-refractivity contribution is 5.94. The maximum atomic E-state index is 13.7. The minimum atomic E-state index is -4.83. The summed E-state index contributed by atoms with van der Waals surface area (Å²) in [5.74, 6) is -2.10. The van der Waals surface area contributed by atoms with Gasteiger partial charge in [-0.05, 0) is 6.07 Å². The van der Waals surface area contributed by atoms with E-state index in [-0.39, 0.29) is 18.2 Å². The summed E-state index contributed by atoms with van der Waals surface area (Å²) in [7, 11) is 1.99. The maximum absolute atomic E-state index is 13.7. The fourth-order valence-corrected chi connectivity index (χ4v) is 2.58. The molecule has 1 aromatic rings. The van der Waals surface area contributed by atoms with Crippen LogP contribution in [-0.2, 0) is 11.3 Å². The van der Waals surface area contributed by atoms with E-state index in [1.54, 1.807) is 23.1 Å². The zero-order chi connectivity index (χ0) is 17.1. The van der Waals surface area contributed by atoms with Gasteiger partial charge < -0.3 is 21.8 Å². The number of hydrogen-bond acceptors (Lipinski definition) is 2. The highest BCUT2D eigenvalue weighted by Gasteiger charge is 2.36. The fourth-order valence-electron chi connectivity index (χ4n) is 2.58. The Labute approximate surface area is 144 Å². The van der Waals surface area contributed by atoms with Gasteiger partial charge in [0.25, 0.3) is 5.78 Å². The zero-order valence-corrected chi connectivity index (χ0v) is 13.9. The van der Waals surface area contributed by atoms with Crippen LogP contribution < -0.4 is 12.4 Å². The van der Waals surface area contributed by atoms with Crippen molar-refractivity contribution in [3.8, 4) is 0 Å². The standard InChI is InChI=1S/C16H19F4N2O.ClH/c1-22(12-13-4-2-3-5-14(13)17)10-8-21(9-11-22)7-6-15(23)16(18,19)20;/h2-7H,8-12H2,1H3;1H/q+1;/p-1. The van der Waals surface area contributed by atoms with Gasteiger partial charge in [-0.3, -0.25) is 4.79 Å². The van der Waals surface area contributed by atoms with Gasteiger partial charge in [0.05, 0.1) is 33.2 Å². The summed E-state index contributed by atoms with van der Waals surface area (Å²) in [6.45, 7) is 2.91. The van der Waals surface area contributed by atoms with Gasteiger partial charge in [0, 0.05) is 17.8 Å². The summed E-state index contributed by atoms with van der Waals surface area (Å²) in [6.07, 6.45) is -3.07. The second-order valence-corrected chi connectivity index (χ2v) is 6.03. The van der Waals surface area contributed by atoms with Crippen molar-refractivity contribution in [3.63, 3.8) is 0 Å². The number of likely N-dealkylation sites (N-methyl/N-ethyl adjacent to an activating group) is 1. The summed E-state index contributed by atoms with van der Waals surface area (Å²) in [4.78, 5) is 12.5. The molecule has 1 fully saturated rings. The van der Waals surface area contributed by atoms with Crippen molar-refractivity contribution in [1.29, 1.82) is 0 Å². The van der Waals surface area contributed by atoms with Crippen LogP contribution in [0, 0.1) is 5.82 Å². The van der Waals surface area contributed by atoms with Crippen molar-refractivity contribution in [2.75, 3.05) is 33.2 Å². The number of nitrogens with zero attached hydrogens (tertiary/aromatic N) is 2. The first-order chi connectivity index (χ1) is 10.7. The first kappa shape index (κ1) is 20.4. The number of quaternary nitrogens is 1. The van der Waals surface area contributed by atoms with Crippen LogP contribution in [0.4, 0.5) is 17.6 Å². The first-order valence-corrected chi connectivity index (χ1v) is 7.30. The van der Waals surface area contributed by atoms with E-state index in [2.05, 4.69) is 0 Å². The van der Waals surface area contributed by atoms with Gasteiger partial charge in [0.2, 0.25) is 0 Å². The SMILES string of the molecule is C[N+]1(Cc2ccccc2F)CCN(C=CC(=O)C(F)(F)F)CC1.[Cl-]. The lowest BCUT2D eigenvalue weighted by atomic mass is 10.1. The maximum Gasteiger partial charge on any atom is 0.454 e. The van der Waals surface area contributed by atoms with Crippen molar-refractivity contribution < 1.29 is 39.2 Å². The summed E-state index contributed by atoms with van der Waals surface area (Å²) in [6, 6.07) is 6.59. The predicted octanol–water partition coefficient (Wildman–Crippen LogP) is -0.263. The Balaban J connectivity index is 0.00000288. The lowest BCUT2D eigenvalue weighted by Crippen LogP contribution is -3.00. The number of alkyl halides is 3. The van der Waals surface area contributed by atoms with Gasteiger partial charge in [-0.25, -0.2) is 4.39 Å². The number of benzene rings is 1. The van der Waals surface area contributed by atoms with Crippen LogP contribution in [0.1, 0.15) is 5.56 Å². The van der Waals surface area contributed by atoms with E-state index in [4.69, 9.17) is 0 Å². The normalized spacial score (nSPS) is 17.6. The second kappa shape index (κ2) is 7.98. The van der Waals surface area contributed by atoms with Crippen LogP contribution in [-0.4, -0.2) is 54.6 Å². The van der Waals surface area contributed by atoms with Crippen molar-refractivity contribution in [1.82, 2.24) is 4.90 Å². The molecule has 0 spiro atoms. The third-order valence-electron chi connectivity index (χ3n) is 4.08. The Kier molecular flexibility index (Phi) is 6.80. The van der Waals surface area contributed by atoms with E-state index < -0.39 is 12.0 Å². The molecule has 1 aliphatic heterocycles. The minimum absolute atomic E-state index is 0. The molecule has 0 amide bonds. The summed E-state index contributed by atoms with van der Waals surface area (Å²) >= 11 is 0. The lowest BCUT2D eigenvalue weighted by molar-refractivity contribution is -0.926. The number of halogens is 5. The molecular formula is C16H19ClF4N2O. The number of hydrogen-bond donors (Lipinski definition) is 0. The van der Waals surface area contributed by atoms with E-state index in [1.165, 1.54) is 12.3 Å². The molecule has 0 unspecified atom stereocenters. The van der Waals surface area contributed by atoms with Crippen LogP contribution in [0.3, 0.4) is 0 Å². The molecule has 0 atom stereocenters. The molecular weight excluding hydrogens is 348 g/mol.